The van der Waals surface area contributed by atoms with E-state index < -0.39 is 0 Å². The van der Waals surface area contributed by atoms with Crippen molar-refractivity contribution in [2.75, 3.05) is 18.1 Å². The van der Waals surface area contributed by atoms with Crippen LogP contribution < -0.4 is 5.32 Å². The standard InChI is InChI=1S/C31H29N3S2/c1-22-10-8-14-24(20-22)29-30(36-31(34-29)26-15-6-7-16-27(26)35-2)25-17-19-33-28(21-25)32-18-9-13-23-11-4-3-5-12-23/h3-8,10-12,14-17,19-21H,9,13,18H2,1-2H3,(H,32,33). The Morgan fingerprint density at radius 2 is 1.69 bits per heavy atom. The number of hydrogen-bond acceptors (Lipinski definition) is 5. The third-order valence-electron chi connectivity index (χ3n) is 6.07. The van der Waals surface area contributed by atoms with Crippen LogP contribution in [0.15, 0.2) is 102 Å². The highest BCUT2D eigenvalue weighted by molar-refractivity contribution is 7.98. The minimum absolute atomic E-state index is 0.880. The number of rotatable bonds is 9. The summed E-state index contributed by atoms with van der Waals surface area (Å²) in [6.45, 7) is 3.01. The normalized spacial score (nSPS) is 10.9. The molecule has 180 valence electrons. The molecule has 3 aromatic carbocycles. The Hall–Kier alpha value is -3.41. The van der Waals surface area contributed by atoms with Crippen LogP contribution in [0.3, 0.4) is 0 Å². The minimum Gasteiger partial charge on any atom is -0.370 e. The van der Waals surface area contributed by atoms with Crippen LogP contribution in [-0.2, 0) is 6.42 Å². The van der Waals surface area contributed by atoms with Gasteiger partial charge >= 0.3 is 0 Å². The summed E-state index contributed by atoms with van der Waals surface area (Å²) in [5.41, 5.74) is 7.08. The molecule has 0 fully saturated rings. The summed E-state index contributed by atoms with van der Waals surface area (Å²) in [6, 6.07) is 32.0. The van der Waals surface area contributed by atoms with Gasteiger partial charge in [-0.05, 0) is 61.4 Å². The highest BCUT2D eigenvalue weighted by atomic mass is 32.2. The maximum atomic E-state index is 5.18. The molecule has 0 aliphatic carbocycles. The molecule has 5 aromatic rings. The Morgan fingerprint density at radius 1 is 0.861 bits per heavy atom. The van der Waals surface area contributed by atoms with Gasteiger partial charge in [0.1, 0.15) is 10.8 Å². The third-order valence-corrected chi connectivity index (χ3v) is 8.00. The van der Waals surface area contributed by atoms with Crippen molar-refractivity contribution in [3.8, 4) is 32.3 Å². The lowest BCUT2D eigenvalue weighted by molar-refractivity contribution is 0.859. The highest BCUT2D eigenvalue weighted by Crippen LogP contribution is 2.43. The van der Waals surface area contributed by atoms with Crippen molar-refractivity contribution < 1.29 is 0 Å². The third kappa shape index (κ3) is 5.69. The molecule has 2 aromatic heterocycles. The maximum Gasteiger partial charge on any atom is 0.126 e. The lowest BCUT2D eigenvalue weighted by Gasteiger charge is -2.08. The Labute approximate surface area is 221 Å². The Bertz CT molecular complexity index is 1440. The number of thioether (sulfide) groups is 1. The van der Waals surface area contributed by atoms with Gasteiger partial charge in [0, 0.05) is 28.8 Å². The summed E-state index contributed by atoms with van der Waals surface area (Å²) < 4.78 is 0. The van der Waals surface area contributed by atoms with Crippen molar-refractivity contribution in [1.82, 2.24) is 9.97 Å². The SMILES string of the molecule is CSc1ccccc1-c1nc(-c2cccc(C)c2)c(-c2ccnc(NCCCc3ccccc3)c2)s1. The summed E-state index contributed by atoms with van der Waals surface area (Å²) in [5, 5.41) is 4.56. The van der Waals surface area contributed by atoms with E-state index in [-0.39, 0.29) is 0 Å². The van der Waals surface area contributed by atoms with E-state index in [0.29, 0.717) is 0 Å². The molecule has 0 radical (unpaired) electrons. The molecule has 0 atom stereocenters. The first-order chi connectivity index (χ1) is 17.7. The molecule has 0 spiro atoms. The molecular formula is C31H29N3S2. The summed E-state index contributed by atoms with van der Waals surface area (Å²) in [7, 11) is 0. The molecule has 5 heteroatoms. The number of hydrogen-bond donors (Lipinski definition) is 1. The van der Waals surface area contributed by atoms with Crippen LogP contribution in [0.4, 0.5) is 5.82 Å². The van der Waals surface area contributed by atoms with Gasteiger partial charge in [-0.1, -0.05) is 72.3 Å². The molecule has 0 unspecified atom stereocenters. The lowest BCUT2D eigenvalue weighted by atomic mass is 10.1. The minimum atomic E-state index is 0.880. The quantitative estimate of drug-likeness (QED) is 0.160. The Kier molecular flexibility index (Phi) is 7.79. The van der Waals surface area contributed by atoms with Crippen molar-refractivity contribution in [1.29, 1.82) is 0 Å². The van der Waals surface area contributed by atoms with Crippen LogP contribution in [0.25, 0.3) is 32.3 Å². The average molecular weight is 508 g/mol. The van der Waals surface area contributed by atoms with Gasteiger partial charge < -0.3 is 5.32 Å². The van der Waals surface area contributed by atoms with Crippen LogP contribution in [0, 0.1) is 6.92 Å². The van der Waals surface area contributed by atoms with E-state index >= 15 is 0 Å². The number of aryl methyl sites for hydroxylation is 2. The van der Waals surface area contributed by atoms with Gasteiger partial charge in [-0.3, -0.25) is 0 Å². The second kappa shape index (κ2) is 11.5. The average Bonchev–Trinajstić information content (AvgIpc) is 3.37. The zero-order valence-electron chi connectivity index (χ0n) is 20.6. The smallest absolute Gasteiger partial charge is 0.126 e. The predicted octanol–water partition coefficient (Wildman–Crippen LogP) is 8.61. The fraction of sp³-hybridized carbons (Fsp3) is 0.161. The first-order valence-corrected chi connectivity index (χ1v) is 14.2. The second-order valence-electron chi connectivity index (χ2n) is 8.71. The lowest BCUT2D eigenvalue weighted by Crippen LogP contribution is -2.04. The van der Waals surface area contributed by atoms with Crippen molar-refractivity contribution in [3.63, 3.8) is 0 Å². The number of nitrogens with zero attached hydrogens (tertiary/aromatic N) is 2. The molecule has 0 aliphatic rings. The van der Waals surface area contributed by atoms with Gasteiger partial charge in [0.25, 0.3) is 0 Å². The molecule has 0 amide bonds. The summed E-state index contributed by atoms with van der Waals surface area (Å²) in [6.07, 6.45) is 6.12. The number of benzene rings is 3. The molecule has 3 nitrogen and oxygen atoms in total. The number of anilines is 1. The topological polar surface area (TPSA) is 37.8 Å². The number of aromatic nitrogens is 2. The summed E-state index contributed by atoms with van der Waals surface area (Å²) in [4.78, 5) is 12.2. The highest BCUT2D eigenvalue weighted by Gasteiger charge is 2.18. The van der Waals surface area contributed by atoms with E-state index in [1.165, 1.54) is 26.5 Å². The predicted molar refractivity (Wildman–Crippen MR) is 156 cm³/mol. The fourth-order valence-electron chi connectivity index (χ4n) is 4.26. The van der Waals surface area contributed by atoms with E-state index in [2.05, 4.69) is 114 Å². The van der Waals surface area contributed by atoms with Crippen molar-refractivity contribution in [2.24, 2.45) is 0 Å². The van der Waals surface area contributed by atoms with Crippen LogP contribution in [0.1, 0.15) is 17.5 Å². The van der Waals surface area contributed by atoms with E-state index in [1.807, 2.05) is 6.20 Å². The molecule has 5 rings (SSSR count). The molecular weight excluding hydrogens is 478 g/mol. The molecule has 0 saturated carbocycles. The van der Waals surface area contributed by atoms with Crippen LogP contribution >= 0.6 is 23.1 Å². The van der Waals surface area contributed by atoms with Gasteiger partial charge in [0.2, 0.25) is 0 Å². The van der Waals surface area contributed by atoms with Crippen LogP contribution in [-0.4, -0.2) is 22.8 Å². The maximum absolute atomic E-state index is 5.18. The number of thiazole rings is 1. The second-order valence-corrected chi connectivity index (χ2v) is 10.6. The molecule has 0 bridgehead atoms. The van der Waals surface area contributed by atoms with E-state index in [4.69, 9.17) is 4.98 Å². The van der Waals surface area contributed by atoms with E-state index in [9.17, 15) is 0 Å². The Balaban J connectivity index is 1.45. The van der Waals surface area contributed by atoms with E-state index in [1.54, 1.807) is 23.1 Å². The summed E-state index contributed by atoms with van der Waals surface area (Å²) in [5.74, 6) is 0.898. The van der Waals surface area contributed by atoms with Crippen molar-refractivity contribution in [2.45, 2.75) is 24.7 Å². The van der Waals surface area contributed by atoms with E-state index in [0.717, 1.165) is 47.0 Å². The monoisotopic (exact) mass is 507 g/mol. The van der Waals surface area contributed by atoms with Crippen LogP contribution in [0.2, 0.25) is 0 Å². The number of pyridine rings is 1. The Morgan fingerprint density at radius 3 is 2.53 bits per heavy atom. The fourth-order valence-corrected chi connectivity index (χ4v) is 6.05. The zero-order chi connectivity index (χ0) is 24.7. The van der Waals surface area contributed by atoms with Gasteiger partial charge in [-0.25, -0.2) is 9.97 Å². The molecule has 0 saturated heterocycles. The zero-order valence-corrected chi connectivity index (χ0v) is 22.2. The van der Waals surface area contributed by atoms with Gasteiger partial charge in [-0.2, -0.15) is 0 Å². The van der Waals surface area contributed by atoms with Crippen LogP contribution in [0.5, 0.6) is 0 Å². The van der Waals surface area contributed by atoms with Crippen molar-refractivity contribution in [3.05, 3.63) is 108 Å². The first-order valence-electron chi connectivity index (χ1n) is 12.2. The largest absolute Gasteiger partial charge is 0.370 e. The molecule has 0 aliphatic heterocycles. The van der Waals surface area contributed by atoms with Gasteiger partial charge in [-0.15, -0.1) is 23.1 Å². The van der Waals surface area contributed by atoms with Crippen molar-refractivity contribution >= 4 is 28.9 Å². The molecule has 36 heavy (non-hydrogen) atoms. The molecule has 2 heterocycles. The number of nitrogens with one attached hydrogen (secondary N) is 1. The van der Waals surface area contributed by atoms with Gasteiger partial charge in [0.15, 0.2) is 0 Å². The molecule has 1 N–H and O–H groups in total. The van der Waals surface area contributed by atoms with Gasteiger partial charge in [0.05, 0.1) is 10.6 Å². The summed E-state index contributed by atoms with van der Waals surface area (Å²) >= 11 is 3.51. The first kappa shape index (κ1) is 24.3.